The summed E-state index contributed by atoms with van der Waals surface area (Å²) in [5.41, 5.74) is 6.30. The fourth-order valence-corrected chi connectivity index (χ4v) is 1.84. The third-order valence-electron chi connectivity index (χ3n) is 3.13. The number of carbonyl (C=O) groups is 1. The van der Waals surface area contributed by atoms with Crippen LogP contribution in [0, 0.1) is 17.5 Å². The third-order valence-corrected chi connectivity index (χ3v) is 3.13. The minimum Gasteiger partial charge on any atom is -0.326 e. The monoisotopic (exact) mass is 294 g/mol. The lowest BCUT2D eigenvalue weighted by Crippen LogP contribution is -2.27. The summed E-state index contributed by atoms with van der Waals surface area (Å²) < 4.78 is 39.7. The summed E-state index contributed by atoms with van der Waals surface area (Å²) in [6, 6.07) is 8.36. The lowest BCUT2D eigenvalue weighted by Gasteiger charge is -2.18. The van der Waals surface area contributed by atoms with E-state index in [1.807, 2.05) is 0 Å². The molecule has 0 radical (unpaired) electrons. The molecule has 0 aliphatic rings. The van der Waals surface area contributed by atoms with Crippen molar-refractivity contribution in [3.63, 3.8) is 0 Å². The summed E-state index contributed by atoms with van der Waals surface area (Å²) in [5, 5.41) is 0. The largest absolute Gasteiger partial charge is 0.326 e. The standard InChI is InChI=1S/C15H13F3N2O/c1-20(10-4-2-9(8-19)3-5-10)15(21)11-6-7-12(16)14(18)13(11)17/h2-7H,8,19H2,1H3. The molecule has 0 aliphatic carbocycles. The molecule has 21 heavy (non-hydrogen) atoms. The number of carbonyl (C=O) groups excluding carboxylic acids is 1. The second kappa shape index (κ2) is 5.97. The minimum atomic E-state index is -1.66. The molecule has 0 heterocycles. The molecule has 2 N–H and O–H groups in total. The molecule has 110 valence electrons. The van der Waals surface area contributed by atoms with Gasteiger partial charge in [-0.3, -0.25) is 4.79 Å². The van der Waals surface area contributed by atoms with Gasteiger partial charge in [0.1, 0.15) is 0 Å². The first kappa shape index (κ1) is 15.1. The zero-order valence-corrected chi connectivity index (χ0v) is 11.2. The summed E-state index contributed by atoms with van der Waals surface area (Å²) in [5.74, 6) is -5.26. The van der Waals surface area contributed by atoms with Crippen LogP contribution in [0.4, 0.5) is 18.9 Å². The lowest BCUT2D eigenvalue weighted by atomic mass is 10.1. The number of nitrogens with two attached hydrogens (primary N) is 1. The van der Waals surface area contributed by atoms with E-state index in [9.17, 15) is 18.0 Å². The van der Waals surface area contributed by atoms with Gasteiger partial charge >= 0.3 is 0 Å². The summed E-state index contributed by atoms with van der Waals surface area (Å²) in [6.07, 6.45) is 0. The van der Waals surface area contributed by atoms with E-state index in [1.165, 1.54) is 7.05 Å². The Morgan fingerprint density at radius 1 is 1.05 bits per heavy atom. The molecular weight excluding hydrogens is 281 g/mol. The minimum absolute atomic E-state index is 0.357. The highest BCUT2D eigenvalue weighted by Crippen LogP contribution is 2.20. The maximum Gasteiger partial charge on any atom is 0.261 e. The zero-order valence-electron chi connectivity index (χ0n) is 11.2. The Morgan fingerprint density at radius 3 is 2.24 bits per heavy atom. The third kappa shape index (κ3) is 2.90. The van der Waals surface area contributed by atoms with Crippen molar-refractivity contribution in [2.75, 3.05) is 11.9 Å². The molecule has 6 heteroatoms. The fraction of sp³-hybridized carbons (Fsp3) is 0.133. The van der Waals surface area contributed by atoms with Crippen LogP contribution in [0.15, 0.2) is 36.4 Å². The Balaban J connectivity index is 2.32. The second-order valence-electron chi connectivity index (χ2n) is 4.46. The van der Waals surface area contributed by atoms with E-state index in [0.717, 1.165) is 22.6 Å². The Hall–Kier alpha value is -2.34. The van der Waals surface area contributed by atoms with Crippen molar-refractivity contribution in [3.8, 4) is 0 Å². The van der Waals surface area contributed by atoms with E-state index in [2.05, 4.69) is 0 Å². The maximum atomic E-state index is 13.6. The van der Waals surface area contributed by atoms with Gasteiger partial charge in [0.05, 0.1) is 5.56 Å². The molecule has 0 saturated carbocycles. The van der Waals surface area contributed by atoms with Crippen LogP contribution in [0.2, 0.25) is 0 Å². The maximum absolute atomic E-state index is 13.6. The van der Waals surface area contributed by atoms with Crippen molar-refractivity contribution in [2.45, 2.75) is 6.54 Å². The zero-order chi connectivity index (χ0) is 15.6. The first-order valence-electron chi connectivity index (χ1n) is 6.16. The van der Waals surface area contributed by atoms with Crippen molar-refractivity contribution >= 4 is 11.6 Å². The van der Waals surface area contributed by atoms with Crippen LogP contribution in [-0.4, -0.2) is 13.0 Å². The van der Waals surface area contributed by atoms with Gasteiger partial charge in [-0.2, -0.15) is 0 Å². The van der Waals surface area contributed by atoms with Crippen LogP contribution in [0.1, 0.15) is 15.9 Å². The van der Waals surface area contributed by atoms with Gasteiger partial charge in [0, 0.05) is 19.3 Å². The molecule has 0 unspecified atom stereocenters. The highest BCUT2D eigenvalue weighted by atomic mass is 19.2. The van der Waals surface area contributed by atoms with E-state index >= 15 is 0 Å². The number of nitrogens with zero attached hydrogens (tertiary/aromatic N) is 1. The predicted octanol–water partition coefficient (Wildman–Crippen LogP) is 2.84. The molecule has 0 fully saturated rings. The van der Waals surface area contributed by atoms with Crippen LogP contribution < -0.4 is 10.6 Å². The Bertz CT molecular complexity index is 671. The first-order chi connectivity index (χ1) is 9.95. The Labute approximate surface area is 119 Å². The molecule has 0 atom stereocenters. The number of hydrogen-bond acceptors (Lipinski definition) is 2. The summed E-state index contributed by atoms with van der Waals surface area (Å²) in [4.78, 5) is 13.3. The van der Waals surface area contributed by atoms with Crippen molar-refractivity contribution in [2.24, 2.45) is 5.73 Å². The number of amides is 1. The van der Waals surface area contributed by atoms with E-state index in [4.69, 9.17) is 5.73 Å². The Morgan fingerprint density at radius 2 is 1.67 bits per heavy atom. The summed E-state index contributed by atoms with van der Waals surface area (Å²) in [6.45, 7) is 0.357. The molecule has 1 amide bonds. The van der Waals surface area contributed by atoms with Crippen LogP contribution in [0.25, 0.3) is 0 Å². The van der Waals surface area contributed by atoms with Gasteiger partial charge in [-0.25, -0.2) is 13.2 Å². The number of anilines is 1. The SMILES string of the molecule is CN(C(=O)c1ccc(F)c(F)c1F)c1ccc(CN)cc1. The van der Waals surface area contributed by atoms with E-state index in [1.54, 1.807) is 24.3 Å². The average molecular weight is 294 g/mol. The predicted molar refractivity (Wildman–Crippen MR) is 73.4 cm³/mol. The van der Waals surface area contributed by atoms with E-state index < -0.39 is 28.9 Å². The second-order valence-corrected chi connectivity index (χ2v) is 4.46. The Kier molecular flexibility index (Phi) is 4.28. The number of hydrogen-bond donors (Lipinski definition) is 1. The average Bonchev–Trinajstić information content (AvgIpc) is 2.51. The molecule has 0 bridgehead atoms. The topological polar surface area (TPSA) is 46.3 Å². The van der Waals surface area contributed by atoms with Gasteiger partial charge in [-0.05, 0) is 29.8 Å². The number of rotatable bonds is 3. The van der Waals surface area contributed by atoms with E-state index in [-0.39, 0.29) is 0 Å². The quantitative estimate of drug-likeness (QED) is 0.885. The van der Waals surface area contributed by atoms with Crippen molar-refractivity contribution in [1.82, 2.24) is 0 Å². The van der Waals surface area contributed by atoms with Crippen LogP contribution >= 0.6 is 0 Å². The molecule has 2 aromatic carbocycles. The van der Waals surface area contributed by atoms with Gasteiger partial charge < -0.3 is 10.6 Å². The van der Waals surface area contributed by atoms with Crippen LogP contribution in [-0.2, 0) is 6.54 Å². The van der Waals surface area contributed by atoms with Crippen molar-refractivity contribution in [1.29, 1.82) is 0 Å². The van der Waals surface area contributed by atoms with Crippen molar-refractivity contribution in [3.05, 3.63) is 65.0 Å². The summed E-state index contributed by atoms with van der Waals surface area (Å²) in [7, 11) is 1.42. The smallest absolute Gasteiger partial charge is 0.261 e. The highest BCUT2D eigenvalue weighted by molar-refractivity contribution is 6.05. The van der Waals surface area contributed by atoms with Gasteiger partial charge in [-0.1, -0.05) is 12.1 Å². The first-order valence-corrected chi connectivity index (χ1v) is 6.16. The highest BCUT2D eigenvalue weighted by Gasteiger charge is 2.22. The molecule has 3 nitrogen and oxygen atoms in total. The normalized spacial score (nSPS) is 10.5. The number of benzene rings is 2. The lowest BCUT2D eigenvalue weighted by molar-refractivity contribution is 0.0988. The fourth-order valence-electron chi connectivity index (χ4n) is 1.84. The van der Waals surface area contributed by atoms with Crippen LogP contribution in [0.5, 0.6) is 0 Å². The molecular formula is C15H13F3N2O. The molecule has 2 rings (SSSR count). The van der Waals surface area contributed by atoms with Gasteiger partial charge in [0.2, 0.25) is 0 Å². The summed E-state index contributed by atoms with van der Waals surface area (Å²) >= 11 is 0. The molecule has 0 saturated heterocycles. The molecule has 0 spiro atoms. The molecule has 0 aliphatic heterocycles. The van der Waals surface area contributed by atoms with Gasteiger partial charge in [-0.15, -0.1) is 0 Å². The van der Waals surface area contributed by atoms with Gasteiger partial charge in [0.15, 0.2) is 17.5 Å². The molecule has 2 aromatic rings. The van der Waals surface area contributed by atoms with Gasteiger partial charge in [0.25, 0.3) is 5.91 Å². The van der Waals surface area contributed by atoms with Crippen LogP contribution in [0.3, 0.4) is 0 Å². The number of halogens is 3. The molecule has 0 aromatic heterocycles. The van der Waals surface area contributed by atoms with E-state index in [0.29, 0.717) is 12.2 Å². The van der Waals surface area contributed by atoms with Crippen molar-refractivity contribution < 1.29 is 18.0 Å².